The second-order valence-electron chi connectivity index (χ2n) is 26.0. The number of amides is 10. The highest BCUT2D eigenvalue weighted by molar-refractivity contribution is 5.98. The van der Waals surface area contributed by atoms with Crippen molar-refractivity contribution in [1.82, 2.24) is 56.0 Å². The SMILES string of the molecule is C=C/C=C/C[C@@H](C)[C@H]1OC(=O)[C@H](C(C)C)N(C)C(=O)[C@H](CC(C)C)N(C)C(=O)[C@H](CC(C)C)N(C)C(=O)[C@@H](C)NC(=O)[C@H](C)NC(=O)[C@H](CC(C)C)N(C)C(=O)[C@H](C(C)C)NC(=O)[C@H](CC(C)C)N(C)C(=O)CN(C)C(=O)[C@H](CC)NC(=O)[C@H]1NC. The number of ether oxygens (including phenoxy) is 1. The van der Waals surface area contributed by atoms with Crippen LogP contribution < -0.4 is 26.6 Å². The smallest absolute Gasteiger partial charge is 0.329 e. The summed E-state index contributed by atoms with van der Waals surface area (Å²) in [5, 5.41) is 14.0. The number of rotatable bonds is 16. The monoisotopic (exact) mass is 1210 g/mol. The van der Waals surface area contributed by atoms with E-state index >= 15 is 4.79 Å². The summed E-state index contributed by atoms with van der Waals surface area (Å²) < 4.78 is 6.36. The first-order valence-corrected chi connectivity index (χ1v) is 30.8. The molecule has 1 aliphatic heterocycles. The second kappa shape index (κ2) is 36.0. The van der Waals surface area contributed by atoms with Crippen molar-refractivity contribution in [2.75, 3.05) is 55.9 Å². The lowest BCUT2D eigenvalue weighted by Gasteiger charge is -2.40. The summed E-state index contributed by atoms with van der Waals surface area (Å²) in [7, 11) is 10.2. The van der Waals surface area contributed by atoms with Gasteiger partial charge in [-0.05, 0) is 101 Å². The van der Waals surface area contributed by atoms with Gasteiger partial charge in [0.25, 0.3) is 0 Å². The number of nitrogens with zero attached hydrogens (tertiary/aromatic N) is 6. The van der Waals surface area contributed by atoms with Crippen LogP contribution in [0.1, 0.15) is 149 Å². The summed E-state index contributed by atoms with van der Waals surface area (Å²) in [6, 6.07) is -11.8. The van der Waals surface area contributed by atoms with E-state index in [1.165, 1.54) is 87.7 Å². The van der Waals surface area contributed by atoms with E-state index in [-0.39, 0.29) is 55.8 Å². The molecule has 0 bridgehead atoms. The third-order valence-electron chi connectivity index (χ3n) is 15.9. The normalized spacial score (nSPS) is 27.2. The Morgan fingerprint density at radius 3 is 1.43 bits per heavy atom. The molecule has 1 rings (SSSR count). The van der Waals surface area contributed by atoms with Crippen LogP contribution in [0, 0.1) is 41.4 Å². The standard InChI is InChI=1S/C63H111N11O12/c1-25-27-28-29-41(15)53-51(64-18)57(79)67-44(26-2)59(81)69(19)34-49(75)70(20)45(30-35(3)4)56(78)68-50(39(11)12)62(84)71(21)46(31-36(5)6)55(77)65-42(16)54(76)66-43(17)58(80)72(22)47(32-37(7)8)60(82)73(23)48(33-38(9)10)61(83)74(24)52(40(13)14)63(85)86-53/h25,27-28,35-48,50-53,64H,1,26,29-34H2,2-24H3,(H,65,77)(H,66,76)(H,67,79)(H,68,78)/b28-27+/t41-,42+,43-,44+,45+,46+,47+,48+,50+,51+,52+,53-/m1/s1. The van der Waals surface area contributed by atoms with Crippen molar-refractivity contribution in [3.63, 3.8) is 0 Å². The molecule has 0 unspecified atom stereocenters. The van der Waals surface area contributed by atoms with Crippen LogP contribution in [0.3, 0.4) is 0 Å². The van der Waals surface area contributed by atoms with Gasteiger partial charge >= 0.3 is 5.97 Å². The molecule has 490 valence electrons. The number of nitrogens with one attached hydrogen (secondary N) is 5. The second-order valence-corrected chi connectivity index (χ2v) is 26.0. The van der Waals surface area contributed by atoms with E-state index in [0.29, 0.717) is 6.42 Å². The van der Waals surface area contributed by atoms with Crippen LogP contribution in [0.5, 0.6) is 0 Å². The Kier molecular flexibility index (Phi) is 32.5. The van der Waals surface area contributed by atoms with Crippen molar-refractivity contribution in [1.29, 1.82) is 0 Å². The minimum Gasteiger partial charge on any atom is -0.458 e. The molecule has 1 aliphatic rings. The van der Waals surface area contributed by atoms with Gasteiger partial charge in [-0.2, -0.15) is 0 Å². The number of allylic oxidation sites excluding steroid dienone is 3. The van der Waals surface area contributed by atoms with E-state index < -0.39 is 156 Å². The van der Waals surface area contributed by atoms with E-state index in [4.69, 9.17) is 4.74 Å². The van der Waals surface area contributed by atoms with Gasteiger partial charge in [0.2, 0.25) is 59.1 Å². The first-order valence-electron chi connectivity index (χ1n) is 30.8. The molecule has 1 fully saturated rings. The summed E-state index contributed by atoms with van der Waals surface area (Å²) in [6.45, 7) is 31.5. The average Bonchev–Trinajstić information content (AvgIpc) is 1.66. The summed E-state index contributed by atoms with van der Waals surface area (Å²) in [5.41, 5.74) is 0. The minimum absolute atomic E-state index is 0.0870. The number of cyclic esters (lactones) is 1. The fourth-order valence-electron chi connectivity index (χ4n) is 10.6. The summed E-state index contributed by atoms with van der Waals surface area (Å²) in [6.07, 6.45) is 4.97. The summed E-state index contributed by atoms with van der Waals surface area (Å²) >= 11 is 0. The zero-order valence-corrected chi connectivity index (χ0v) is 56.4. The van der Waals surface area contributed by atoms with Crippen molar-refractivity contribution in [3.8, 4) is 0 Å². The van der Waals surface area contributed by atoms with Crippen molar-refractivity contribution >= 4 is 65.0 Å². The summed E-state index contributed by atoms with van der Waals surface area (Å²) in [4.78, 5) is 167. The largest absolute Gasteiger partial charge is 0.458 e. The van der Waals surface area contributed by atoms with E-state index in [1.54, 1.807) is 59.8 Å². The molecule has 5 N–H and O–H groups in total. The van der Waals surface area contributed by atoms with Gasteiger partial charge in [-0.25, -0.2) is 4.79 Å². The van der Waals surface area contributed by atoms with Crippen LogP contribution in [0.25, 0.3) is 0 Å². The molecule has 23 heteroatoms. The zero-order valence-electron chi connectivity index (χ0n) is 56.4. The highest BCUT2D eigenvalue weighted by atomic mass is 16.5. The topological polar surface area (TPSA) is 277 Å². The lowest BCUT2D eigenvalue weighted by molar-refractivity contribution is -0.167. The minimum atomic E-state index is -1.26. The lowest BCUT2D eigenvalue weighted by Crippen LogP contribution is -2.61. The van der Waals surface area contributed by atoms with Crippen LogP contribution in [-0.4, -0.2) is 217 Å². The number of hydrogen-bond acceptors (Lipinski definition) is 13. The molecule has 10 amide bonds. The van der Waals surface area contributed by atoms with E-state index in [2.05, 4.69) is 33.2 Å². The lowest BCUT2D eigenvalue weighted by atomic mass is 9.92. The first kappa shape index (κ1) is 77.6. The Labute approximate surface area is 514 Å². The number of esters is 1. The Balaban J connectivity index is 4.27. The van der Waals surface area contributed by atoms with Gasteiger partial charge in [0, 0.05) is 42.3 Å². The number of hydrogen-bond donors (Lipinski definition) is 5. The third-order valence-corrected chi connectivity index (χ3v) is 15.9. The summed E-state index contributed by atoms with van der Waals surface area (Å²) in [5.74, 6) is -9.34. The number of likely N-dealkylation sites (N-methyl/N-ethyl adjacent to an activating group) is 7. The van der Waals surface area contributed by atoms with E-state index in [9.17, 15) is 47.9 Å². The van der Waals surface area contributed by atoms with Crippen LogP contribution in [0.4, 0.5) is 0 Å². The van der Waals surface area contributed by atoms with Crippen LogP contribution in [-0.2, 0) is 57.5 Å². The number of carbonyl (C=O) groups is 11. The molecule has 86 heavy (non-hydrogen) atoms. The maximum atomic E-state index is 15.1. The van der Waals surface area contributed by atoms with E-state index in [0.717, 1.165) is 4.90 Å². The highest BCUT2D eigenvalue weighted by Crippen LogP contribution is 2.26. The molecule has 0 aromatic rings. The fourth-order valence-corrected chi connectivity index (χ4v) is 10.6. The van der Waals surface area contributed by atoms with E-state index in [1.807, 2.05) is 55.4 Å². The molecule has 0 aliphatic carbocycles. The molecule has 0 radical (unpaired) electrons. The van der Waals surface area contributed by atoms with Crippen LogP contribution >= 0.6 is 0 Å². The molecule has 1 saturated heterocycles. The predicted octanol–water partition coefficient (Wildman–Crippen LogP) is 3.75. The van der Waals surface area contributed by atoms with Gasteiger partial charge in [0.15, 0.2) is 0 Å². The van der Waals surface area contributed by atoms with Gasteiger partial charge < -0.3 is 60.7 Å². The quantitative estimate of drug-likeness (QED) is 0.109. The van der Waals surface area contributed by atoms with Gasteiger partial charge in [-0.3, -0.25) is 47.9 Å². The zero-order chi connectivity index (χ0) is 66.5. The predicted molar refractivity (Wildman–Crippen MR) is 333 cm³/mol. The fraction of sp³-hybridized carbons (Fsp3) is 0.762. The van der Waals surface area contributed by atoms with Crippen LogP contribution in [0.2, 0.25) is 0 Å². The molecular weight excluding hydrogens is 1100 g/mol. The highest BCUT2D eigenvalue weighted by Gasteiger charge is 2.44. The Morgan fingerprint density at radius 2 is 0.977 bits per heavy atom. The molecule has 1 heterocycles. The van der Waals surface area contributed by atoms with Gasteiger partial charge in [0.1, 0.15) is 66.5 Å². The van der Waals surface area contributed by atoms with Crippen molar-refractivity contribution in [3.05, 3.63) is 24.8 Å². The van der Waals surface area contributed by atoms with Gasteiger partial charge in [-0.15, -0.1) is 0 Å². The Bertz CT molecular complexity index is 2360. The average molecular weight is 1210 g/mol. The molecule has 23 nitrogen and oxygen atoms in total. The molecule has 12 atom stereocenters. The van der Waals surface area contributed by atoms with Crippen molar-refractivity contribution < 1.29 is 57.5 Å². The van der Waals surface area contributed by atoms with Crippen molar-refractivity contribution in [2.24, 2.45) is 41.4 Å². The van der Waals surface area contributed by atoms with Crippen LogP contribution in [0.15, 0.2) is 24.8 Å². The molecule has 0 aromatic heterocycles. The maximum Gasteiger partial charge on any atom is 0.329 e. The number of carbonyl (C=O) groups excluding carboxylic acids is 11. The first-order chi connectivity index (χ1) is 39.8. The molecule has 0 spiro atoms. The van der Waals surface area contributed by atoms with Crippen molar-refractivity contribution in [2.45, 2.75) is 216 Å². The van der Waals surface area contributed by atoms with Gasteiger partial charge in [0.05, 0.1) is 6.54 Å². The Morgan fingerprint density at radius 1 is 0.535 bits per heavy atom. The molecular formula is C63H111N11O12. The molecule has 0 aromatic carbocycles. The molecule has 0 saturated carbocycles. The third kappa shape index (κ3) is 22.4. The Hall–Kier alpha value is -6.39. The van der Waals surface area contributed by atoms with Gasteiger partial charge in [-0.1, -0.05) is 122 Å². The maximum absolute atomic E-state index is 15.1.